The van der Waals surface area contributed by atoms with Gasteiger partial charge in [0.25, 0.3) is 31.3 Å². The van der Waals surface area contributed by atoms with Gasteiger partial charge in [-0.15, -0.1) is 0 Å². The van der Waals surface area contributed by atoms with Gasteiger partial charge in [0.15, 0.2) is 0 Å². The molecule has 1 saturated carbocycles. The van der Waals surface area contributed by atoms with Gasteiger partial charge in [0.2, 0.25) is 0 Å². The van der Waals surface area contributed by atoms with Gasteiger partial charge in [0.05, 0.1) is 0 Å². The second-order valence-electron chi connectivity index (χ2n) is 5.14. The maximum atomic E-state index is 10.9. The SMILES string of the molecule is O=P([O-])(O)O[C@@H]1C(O)[C@@H](OP(=O)([O-])O)[C@@H](OP(=O)([O-])O)C(O)[C@H]1OP(=O)([O-])O.[Na+].[Na+].[Na+].[Na+]. The third-order valence-corrected chi connectivity index (χ3v) is 5.05. The van der Waals surface area contributed by atoms with E-state index < -0.39 is 67.9 Å². The normalized spacial score (nSPS) is 34.9. The van der Waals surface area contributed by atoms with Crippen molar-refractivity contribution < 1.29 is 204 Å². The fraction of sp³-hybridized carbons (Fsp3) is 1.00. The summed E-state index contributed by atoms with van der Waals surface area (Å²) in [6.07, 6.45) is -16.7. The van der Waals surface area contributed by atoms with Crippen molar-refractivity contribution in [3.05, 3.63) is 0 Å². The number of phosphoric ester groups is 4. The van der Waals surface area contributed by atoms with Crippen LogP contribution in [0.1, 0.15) is 0 Å². The summed E-state index contributed by atoms with van der Waals surface area (Å²) in [5.41, 5.74) is 0. The molecule has 10 atom stereocenters. The largest absolute Gasteiger partial charge is 1.00 e. The van der Waals surface area contributed by atoms with Crippen LogP contribution in [-0.4, -0.2) is 66.4 Å². The molecule has 6 unspecified atom stereocenters. The van der Waals surface area contributed by atoms with Crippen LogP contribution in [-0.2, 0) is 36.4 Å². The number of rotatable bonds is 8. The Morgan fingerprint density at radius 2 is 0.594 bits per heavy atom. The van der Waals surface area contributed by atoms with E-state index in [2.05, 4.69) is 18.1 Å². The minimum atomic E-state index is -5.89. The Morgan fingerprint density at radius 3 is 0.688 bits per heavy atom. The van der Waals surface area contributed by atoms with Crippen molar-refractivity contribution in [3.8, 4) is 0 Å². The zero-order valence-corrected chi connectivity index (χ0v) is 28.4. The number of hydrogen-bond acceptors (Lipinski definition) is 14. The van der Waals surface area contributed by atoms with Gasteiger partial charge in [0.1, 0.15) is 36.6 Å². The van der Waals surface area contributed by atoms with Crippen LogP contribution >= 0.6 is 31.3 Å². The minimum absolute atomic E-state index is 0. The van der Waals surface area contributed by atoms with E-state index in [1.807, 2.05) is 0 Å². The van der Waals surface area contributed by atoms with Crippen LogP contribution in [0.4, 0.5) is 0 Å². The van der Waals surface area contributed by atoms with E-state index in [1.165, 1.54) is 0 Å². The molecular weight excluding hydrogens is 576 g/mol. The standard InChI is InChI=1S/C6H16O18P4.4Na/c7-1-3(21-25(9,10)11)5(23-27(15,16)17)2(8)6(24-28(18,19)20)4(1)22-26(12,13)14;;;;/h1-8H,(H2,9,10,11)(H2,12,13,14)(H2,15,16,17)(H2,18,19,20);;;;/q;4*+1/p-4/t1?,2?,3-,4-,5-,6+;;;;/m1..../s1. The Labute approximate surface area is 268 Å². The number of aliphatic hydroxyl groups is 2. The van der Waals surface area contributed by atoms with Crippen LogP contribution in [0.25, 0.3) is 0 Å². The number of hydrogen-bond donors (Lipinski definition) is 6. The van der Waals surface area contributed by atoms with Crippen LogP contribution < -0.4 is 138 Å². The van der Waals surface area contributed by atoms with E-state index in [9.17, 15) is 48.0 Å². The molecule has 0 heterocycles. The van der Waals surface area contributed by atoms with Gasteiger partial charge >= 0.3 is 118 Å². The zero-order chi connectivity index (χ0) is 22.3. The summed E-state index contributed by atoms with van der Waals surface area (Å²) in [5.74, 6) is 0. The summed E-state index contributed by atoms with van der Waals surface area (Å²) in [6.45, 7) is 0. The summed E-state index contributed by atoms with van der Waals surface area (Å²) < 4.78 is 59.1. The number of aliphatic hydroxyl groups excluding tert-OH is 2. The predicted octanol–water partition coefficient (Wildman–Crippen LogP) is -17.9. The van der Waals surface area contributed by atoms with Gasteiger partial charge in [-0.1, -0.05) is 0 Å². The van der Waals surface area contributed by atoms with E-state index in [4.69, 9.17) is 19.6 Å². The first-order chi connectivity index (χ1) is 12.2. The average molecular weight is 588 g/mol. The molecule has 0 aromatic rings. The van der Waals surface area contributed by atoms with E-state index in [0.29, 0.717) is 0 Å². The molecule has 0 aromatic heterocycles. The zero-order valence-electron chi connectivity index (χ0n) is 16.8. The first-order valence-electron chi connectivity index (χ1n) is 6.45. The Morgan fingerprint density at radius 1 is 0.469 bits per heavy atom. The Balaban J connectivity index is -0.000000980. The molecule has 1 aliphatic carbocycles. The van der Waals surface area contributed by atoms with Crippen LogP contribution in [0.3, 0.4) is 0 Å². The monoisotopic (exact) mass is 588 g/mol. The fourth-order valence-corrected chi connectivity index (χ4v) is 4.47. The van der Waals surface area contributed by atoms with Crippen molar-refractivity contribution in [2.75, 3.05) is 0 Å². The van der Waals surface area contributed by atoms with E-state index in [-0.39, 0.29) is 118 Å². The molecule has 0 aliphatic heterocycles. The molecule has 0 aromatic carbocycles. The fourth-order valence-electron chi connectivity index (χ4n) is 2.26. The molecule has 168 valence electrons. The average Bonchev–Trinajstić information content (AvgIpc) is 2.39. The molecule has 1 aliphatic rings. The Hall–Kier alpha value is 4.36. The molecule has 0 bridgehead atoms. The van der Waals surface area contributed by atoms with Crippen molar-refractivity contribution in [1.29, 1.82) is 0 Å². The summed E-state index contributed by atoms with van der Waals surface area (Å²) in [5, 5.41) is 20.0. The van der Waals surface area contributed by atoms with Gasteiger partial charge in [-0.2, -0.15) is 0 Å². The van der Waals surface area contributed by atoms with Crippen LogP contribution in [0, 0.1) is 0 Å². The van der Waals surface area contributed by atoms with E-state index >= 15 is 0 Å². The van der Waals surface area contributed by atoms with Crippen LogP contribution in [0.5, 0.6) is 0 Å². The minimum Gasteiger partial charge on any atom is -0.756 e. The molecule has 0 saturated heterocycles. The molecule has 1 rings (SSSR count). The maximum Gasteiger partial charge on any atom is 1.00 e. The second-order valence-corrected chi connectivity index (χ2v) is 9.73. The van der Waals surface area contributed by atoms with Crippen LogP contribution in [0.15, 0.2) is 0 Å². The molecule has 0 amide bonds. The third-order valence-electron chi connectivity index (χ3n) is 3.01. The van der Waals surface area contributed by atoms with Gasteiger partial charge in [-0.3, -0.25) is 18.3 Å². The van der Waals surface area contributed by atoms with Crippen molar-refractivity contribution in [2.24, 2.45) is 0 Å². The summed E-state index contributed by atoms with van der Waals surface area (Å²) in [6, 6.07) is 0. The summed E-state index contributed by atoms with van der Waals surface area (Å²) in [7, 11) is -23.5. The molecule has 0 radical (unpaired) electrons. The molecular formula is C6H12Na4O18P4. The quantitative estimate of drug-likeness (QED) is 0.113. The van der Waals surface area contributed by atoms with Gasteiger partial charge in [0, 0.05) is 0 Å². The Kier molecular flexibility index (Phi) is 22.3. The predicted molar refractivity (Wildman–Crippen MR) is 70.8 cm³/mol. The summed E-state index contributed by atoms with van der Waals surface area (Å²) >= 11 is 0. The maximum absolute atomic E-state index is 10.9. The van der Waals surface area contributed by atoms with E-state index in [0.717, 1.165) is 0 Å². The molecule has 26 heteroatoms. The first kappa shape index (κ1) is 43.4. The molecule has 1 fully saturated rings. The number of phosphoric acid groups is 4. The van der Waals surface area contributed by atoms with Crippen LogP contribution in [0.2, 0.25) is 0 Å². The molecule has 0 spiro atoms. The van der Waals surface area contributed by atoms with Crippen molar-refractivity contribution in [3.63, 3.8) is 0 Å². The van der Waals surface area contributed by atoms with E-state index in [1.54, 1.807) is 0 Å². The summed E-state index contributed by atoms with van der Waals surface area (Å²) in [4.78, 5) is 78.4. The molecule has 6 N–H and O–H groups in total. The third kappa shape index (κ3) is 16.4. The van der Waals surface area contributed by atoms with Crippen molar-refractivity contribution in [1.82, 2.24) is 0 Å². The van der Waals surface area contributed by atoms with Gasteiger partial charge in [-0.25, -0.2) is 0 Å². The smallest absolute Gasteiger partial charge is 0.756 e. The first-order valence-corrected chi connectivity index (χ1v) is 12.4. The topological polar surface area (TPSA) is 319 Å². The van der Waals surface area contributed by atoms with Gasteiger partial charge < -0.3 is 67.5 Å². The Bertz CT molecular complexity index is 622. The van der Waals surface area contributed by atoms with Crippen molar-refractivity contribution >= 4 is 31.3 Å². The molecule has 32 heavy (non-hydrogen) atoms. The van der Waals surface area contributed by atoms with Gasteiger partial charge in [-0.05, 0) is 0 Å². The van der Waals surface area contributed by atoms with Crippen molar-refractivity contribution in [2.45, 2.75) is 36.6 Å². The second kappa shape index (κ2) is 16.5. The molecule has 18 nitrogen and oxygen atoms in total.